The lowest BCUT2D eigenvalue weighted by Gasteiger charge is -2.07. The Labute approximate surface area is 115 Å². The van der Waals surface area contributed by atoms with Gasteiger partial charge in [0.15, 0.2) is 10.9 Å². The van der Waals surface area contributed by atoms with Crippen molar-refractivity contribution in [3.8, 4) is 11.5 Å². The maximum absolute atomic E-state index is 12.0. The van der Waals surface area contributed by atoms with Crippen molar-refractivity contribution in [3.63, 3.8) is 0 Å². The van der Waals surface area contributed by atoms with E-state index in [1.165, 1.54) is 11.3 Å². The number of hydrogen-bond donors (Lipinski definition) is 1. The highest BCUT2D eigenvalue weighted by Gasteiger charge is 2.23. The highest BCUT2D eigenvalue weighted by molar-refractivity contribution is 7.14. The average Bonchev–Trinajstić information content (AvgIpc) is 3.07. The molecule has 1 N–H and O–H groups in total. The minimum Gasteiger partial charge on any atom is -0.460 e. The summed E-state index contributed by atoms with van der Waals surface area (Å²) in [6.45, 7) is 1.90. The summed E-state index contributed by atoms with van der Waals surface area (Å²) >= 11 is 1.44. The van der Waals surface area contributed by atoms with E-state index in [9.17, 15) is 4.79 Å². The smallest absolute Gasteiger partial charge is 0.229 e. The summed E-state index contributed by atoms with van der Waals surface area (Å²) in [5.74, 6) is 1.88. The summed E-state index contributed by atoms with van der Waals surface area (Å²) in [5, 5.41) is 5.47. The van der Waals surface area contributed by atoms with E-state index in [2.05, 4.69) is 10.3 Å². The Morgan fingerprint density at radius 3 is 2.89 bits per heavy atom. The molecule has 1 amide bonds. The molecule has 2 heterocycles. The first kappa shape index (κ1) is 12.4. The number of anilines is 1. The topological polar surface area (TPSA) is 55.1 Å². The lowest BCUT2D eigenvalue weighted by atomic mass is 10.1. The van der Waals surface area contributed by atoms with Gasteiger partial charge < -0.3 is 9.73 Å². The maximum atomic E-state index is 12.0. The van der Waals surface area contributed by atoms with Crippen molar-refractivity contribution in [2.75, 3.05) is 5.32 Å². The fourth-order valence-corrected chi connectivity index (χ4v) is 3.11. The molecule has 0 bridgehead atoms. The van der Waals surface area contributed by atoms with Gasteiger partial charge in [0.25, 0.3) is 0 Å². The Hall–Kier alpha value is -1.62. The molecule has 0 aliphatic heterocycles. The molecule has 1 aliphatic carbocycles. The van der Waals surface area contributed by atoms with Crippen LogP contribution < -0.4 is 5.32 Å². The number of carbonyl (C=O) groups is 1. The quantitative estimate of drug-likeness (QED) is 0.926. The molecule has 100 valence electrons. The van der Waals surface area contributed by atoms with Crippen LogP contribution in [0.5, 0.6) is 0 Å². The van der Waals surface area contributed by atoms with E-state index in [0.29, 0.717) is 5.13 Å². The highest BCUT2D eigenvalue weighted by atomic mass is 32.1. The zero-order chi connectivity index (χ0) is 13.2. The summed E-state index contributed by atoms with van der Waals surface area (Å²) in [4.78, 5) is 16.4. The number of thiazole rings is 1. The largest absolute Gasteiger partial charge is 0.460 e. The fraction of sp³-hybridized carbons (Fsp3) is 0.429. The van der Waals surface area contributed by atoms with Gasteiger partial charge in [-0.3, -0.25) is 4.79 Å². The van der Waals surface area contributed by atoms with Crippen LogP contribution in [-0.4, -0.2) is 10.9 Å². The number of nitrogens with zero attached hydrogens (tertiary/aromatic N) is 1. The van der Waals surface area contributed by atoms with Gasteiger partial charge in [-0.15, -0.1) is 11.3 Å². The van der Waals surface area contributed by atoms with Crippen molar-refractivity contribution >= 4 is 22.4 Å². The molecule has 0 spiro atoms. The van der Waals surface area contributed by atoms with Crippen molar-refractivity contribution in [1.82, 2.24) is 4.98 Å². The minimum atomic E-state index is 0.106. The summed E-state index contributed by atoms with van der Waals surface area (Å²) in [6.07, 6.45) is 4.32. The lowest BCUT2D eigenvalue weighted by Crippen LogP contribution is -2.20. The summed E-state index contributed by atoms with van der Waals surface area (Å²) in [6, 6.07) is 3.80. The number of furan rings is 1. The van der Waals surface area contributed by atoms with Crippen LogP contribution in [-0.2, 0) is 4.79 Å². The summed E-state index contributed by atoms with van der Waals surface area (Å²) in [5.41, 5.74) is 0.778. The monoisotopic (exact) mass is 276 g/mol. The first-order valence-corrected chi connectivity index (χ1v) is 7.43. The van der Waals surface area contributed by atoms with Crippen molar-refractivity contribution < 1.29 is 9.21 Å². The maximum Gasteiger partial charge on any atom is 0.229 e. The van der Waals surface area contributed by atoms with E-state index >= 15 is 0 Å². The van der Waals surface area contributed by atoms with Gasteiger partial charge in [-0.05, 0) is 31.9 Å². The van der Waals surface area contributed by atoms with Crippen molar-refractivity contribution in [2.45, 2.75) is 32.6 Å². The summed E-state index contributed by atoms with van der Waals surface area (Å²) in [7, 11) is 0. The van der Waals surface area contributed by atoms with Crippen LogP contribution >= 0.6 is 11.3 Å². The summed E-state index contributed by atoms with van der Waals surface area (Å²) < 4.78 is 5.52. The van der Waals surface area contributed by atoms with Gasteiger partial charge >= 0.3 is 0 Å². The van der Waals surface area contributed by atoms with Crippen LogP contribution in [0.25, 0.3) is 11.5 Å². The van der Waals surface area contributed by atoms with Gasteiger partial charge in [-0.1, -0.05) is 12.8 Å². The lowest BCUT2D eigenvalue weighted by molar-refractivity contribution is -0.119. The predicted octanol–water partition coefficient (Wildman–Crippen LogP) is 3.84. The Morgan fingerprint density at radius 1 is 1.42 bits per heavy atom. The molecule has 5 heteroatoms. The molecule has 19 heavy (non-hydrogen) atoms. The minimum absolute atomic E-state index is 0.106. The third kappa shape index (κ3) is 2.71. The molecule has 1 fully saturated rings. The Balaban J connectivity index is 1.69. The molecular weight excluding hydrogens is 260 g/mol. The third-order valence-corrected chi connectivity index (χ3v) is 4.21. The standard InChI is InChI=1S/C14H16N2O2S/c1-9-6-7-12(18-9)11-8-19-14(15-11)16-13(17)10-4-2-3-5-10/h6-8,10H,2-5H2,1H3,(H,15,16,17). The molecule has 2 aromatic heterocycles. The predicted molar refractivity (Wildman–Crippen MR) is 75.1 cm³/mol. The molecule has 2 aromatic rings. The Kier molecular flexibility index (Phi) is 3.38. The number of nitrogens with one attached hydrogen (secondary N) is 1. The van der Waals surface area contributed by atoms with Gasteiger partial charge in [-0.2, -0.15) is 0 Å². The SMILES string of the molecule is Cc1ccc(-c2csc(NC(=O)C3CCCC3)n2)o1. The van der Waals surface area contributed by atoms with Gasteiger partial charge in [-0.25, -0.2) is 4.98 Å². The van der Waals surface area contributed by atoms with Crippen molar-refractivity contribution in [1.29, 1.82) is 0 Å². The molecule has 0 unspecified atom stereocenters. The van der Waals surface area contributed by atoms with Crippen LogP contribution in [0.1, 0.15) is 31.4 Å². The number of carbonyl (C=O) groups excluding carboxylic acids is 1. The molecule has 4 nitrogen and oxygen atoms in total. The van der Waals surface area contributed by atoms with Crippen LogP contribution in [0.3, 0.4) is 0 Å². The molecule has 0 atom stereocenters. The zero-order valence-electron chi connectivity index (χ0n) is 10.8. The van der Waals surface area contributed by atoms with E-state index < -0.39 is 0 Å². The van der Waals surface area contributed by atoms with Crippen LogP contribution in [0.15, 0.2) is 21.9 Å². The second-order valence-electron chi connectivity index (χ2n) is 4.92. The molecule has 1 saturated carbocycles. The fourth-order valence-electron chi connectivity index (χ4n) is 2.41. The Morgan fingerprint density at radius 2 is 2.21 bits per heavy atom. The molecule has 1 aliphatic rings. The molecule has 0 radical (unpaired) electrons. The highest BCUT2D eigenvalue weighted by Crippen LogP contribution is 2.29. The average molecular weight is 276 g/mol. The molecule has 0 aromatic carbocycles. The van der Waals surface area contributed by atoms with Gasteiger partial charge in [0.2, 0.25) is 5.91 Å². The number of aromatic nitrogens is 1. The Bertz CT molecular complexity index is 582. The third-order valence-electron chi connectivity index (χ3n) is 3.45. The molecule has 0 saturated heterocycles. The van der Waals surface area contributed by atoms with Gasteiger partial charge in [0, 0.05) is 11.3 Å². The second kappa shape index (κ2) is 5.17. The first-order chi connectivity index (χ1) is 9.22. The zero-order valence-corrected chi connectivity index (χ0v) is 11.6. The molecule has 3 rings (SSSR count). The van der Waals surface area contributed by atoms with Crippen LogP contribution in [0.4, 0.5) is 5.13 Å². The normalized spacial score (nSPS) is 15.8. The first-order valence-electron chi connectivity index (χ1n) is 6.55. The molecular formula is C14H16N2O2S. The van der Waals surface area contributed by atoms with E-state index in [1.807, 2.05) is 24.4 Å². The van der Waals surface area contributed by atoms with Gasteiger partial charge in [0.1, 0.15) is 11.5 Å². The van der Waals surface area contributed by atoms with Crippen LogP contribution in [0.2, 0.25) is 0 Å². The second-order valence-corrected chi connectivity index (χ2v) is 5.78. The number of rotatable bonds is 3. The van der Waals surface area contributed by atoms with Crippen LogP contribution in [0, 0.1) is 12.8 Å². The number of aryl methyl sites for hydroxylation is 1. The van der Waals surface area contributed by atoms with E-state index in [-0.39, 0.29) is 11.8 Å². The van der Waals surface area contributed by atoms with E-state index in [4.69, 9.17) is 4.42 Å². The number of amides is 1. The van der Waals surface area contributed by atoms with Crippen molar-refractivity contribution in [2.24, 2.45) is 5.92 Å². The number of hydrogen-bond acceptors (Lipinski definition) is 4. The van der Waals surface area contributed by atoms with E-state index in [1.54, 1.807) is 0 Å². The van der Waals surface area contributed by atoms with E-state index in [0.717, 1.165) is 42.9 Å². The van der Waals surface area contributed by atoms with Gasteiger partial charge in [0.05, 0.1) is 0 Å². The van der Waals surface area contributed by atoms with Crippen molar-refractivity contribution in [3.05, 3.63) is 23.3 Å².